The summed E-state index contributed by atoms with van der Waals surface area (Å²) in [5, 5.41) is 0. The summed E-state index contributed by atoms with van der Waals surface area (Å²) in [5.41, 5.74) is 8.03. The summed E-state index contributed by atoms with van der Waals surface area (Å²) in [5.74, 6) is 0.468. The third-order valence-corrected chi connectivity index (χ3v) is 2.98. The van der Waals surface area contributed by atoms with Crippen molar-refractivity contribution in [3.8, 4) is 11.3 Å². The van der Waals surface area contributed by atoms with Crippen LogP contribution in [-0.2, 0) is 0 Å². The van der Waals surface area contributed by atoms with Crippen LogP contribution in [0.3, 0.4) is 0 Å². The number of imidazole rings is 1. The number of benzene rings is 1. The van der Waals surface area contributed by atoms with Crippen LogP contribution in [0, 0.1) is 12.7 Å². The van der Waals surface area contributed by atoms with Gasteiger partial charge in [0.05, 0.1) is 11.7 Å². The maximum atomic E-state index is 13.7. The molecule has 96 valence electrons. The fraction of sp³-hybridized carbons (Fsp3) is 0.357. The van der Waals surface area contributed by atoms with Gasteiger partial charge in [0, 0.05) is 11.3 Å². The molecule has 0 aliphatic carbocycles. The number of hydrogen-bond acceptors (Lipinski definition) is 2. The van der Waals surface area contributed by atoms with Crippen LogP contribution in [0.15, 0.2) is 24.3 Å². The quantitative estimate of drug-likeness (QED) is 0.870. The Hall–Kier alpha value is -1.68. The van der Waals surface area contributed by atoms with Crippen molar-refractivity contribution in [3.05, 3.63) is 41.6 Å². The number of aromatic nitrogens is 2. The fourth-order valence-corrected chi connectivity index (χ4v) is 2.02. The molecule has 1 unspecified atom stereocenters. The lowest BCUT2D eigenvalue weighted by molar-refractivity contribution is 0.607. The van der Waals surface area contributed by atoms with Gasteiger partial charge in [-0.25, -0.2) is 9.37 Å². The molecule has 1 aromatic heterocycles. The van der Waals surface area contributed by atoms with E-state index >= 15 is 0 Å². The highest BCUT2D eigenvalue weighted by Gasteiger charge is 2.15. The van der Waals surface area contributed by atoms with Gasteiger partial charge >= 0.3 is 0 Å². The minimum absolute atomic E-state index is 0.116. The summed E-state index contributed by atoms with van der Waals surface area (Å²) in [6.45, 7) is 3.96. The second-order valence-electron chi connectivity index (χ2n) is 4.47. The molecule has 0 radical (unpaired) electrons. The molecule has 3 N–H and O–H groups in total. The SMILES string of the molecule is CCCC(N)c1nc(-c2ccccc2F)c(C)[nH]1. The monoisotopic (exact) mass is 247 g/mol. The highest BCUT2D eigenvalue weighted by Crippen LogP contribution is 2.25. The van der Waals surface area contributed by atoms with Gasteiger partial charge in [-0.2, -0.15) is 0 Å². The van der Waals surface area contributed by atoms with Gasteiger partial charge in [-0.3, -0.25) is 0 Å². The van der Waals surface area contributed by atoms with E-state index in [-0.39, 0.29) is 11.9 Å². The van der Waals surface area contributed by atoms with E-state index in [2.05, 4.69) is 16.9 Å². The molecule has 0 spiro atoms. The molecule has 1 atom stereocenters. The molecular weight excluding hydrogens is 229 g/mol. The second kappa shape index (κ2) is 5.31. The van der Waals surface area contributed by atoms with Crippen LogP contribution in [0.4, 0.5) is 4.39 Å². The van der Waals surface area contributed by atoms with Gasteiger partial charge in [-0.1, -0.05) is 25.5 Å². The first-order chi connectivity index (χ1) is 8.63. The van der Waals surface area contributed by atoms with E-state index in [0.717, 1.165) is 24.4 Å². The number of nitrogens with one attached hydrogen (secondary N) is 1. The molecule has 1 heterocycles. The average molecular weight is 247 g/mol. The molecule has 2 rings (SSSR count). The average Bonchev–Trinajstić information content (AvgIpc) is 2.72. The van der Waals surface area contributed by atoms with E-state index in [1.165, 1.54) is 6.07 Å². The Balaban J connectivity index is 2.38. The number of nitrogens with two attached hydrogens (primary N) is 1. The number of aryl methyl sites for hydroxylation is 1. The molecule has 0 fully saturated rings. The minimum Gasteiger partial charge on any atom is -0.344 e. The maximum Gasteiger partial charge on any atom is 0.132 e. The van der Waals surface area contributed by atoms with Crippen molar-refractivity contribution in [1.29, 1.82) is 0 Å². The van der Waals surface area contributed by atoms with Gasteiger partial charge in [0.15, 0.2) is 0 Å². The maximum absolute atomic E-state index is 13.7. The van der Waals surface area contributed by atoms with E-state index in [4.69, 9.17) is 5.73 Å². The zero-order valence-electron chi connectivity index (χ0n) is 10.7. The molecule has 4 heteroatoms. The largest absolute Gasteiger partial charge is 0.344 e. The van der Waals surface area contributed by atoms with Gasteiger partial charge in [0.1, 0.15) is 11.6 Å². The van der Waals surface area contributed by atoms with Gasteiger partial charge in [0.2, 0.25) is 0 Å². The normalized spacial score (nSPS) is 12.7. The molecule has 0 bridgehead atoms. The van der Waals surface area contributed by atoms with Crippen LogP contribution in [-0.4, -0.2) is 9.97 Å². The first-order valence-electron chi connectivity index (χ1n) is 6.20. The Labute approximate surface area is 106 Å². The van der Waals surface area contributed by atoms with Crippen LogP contribution in [0.25, 0.3) is 11.3 Å². The third kappa shape index (κ3) is 2.43. The first-order valence-corrected chi connectivity index (χ1v) is 6.20. The first kappa shape index (κ1) is 12.8. The van der Waals surface area contributed by atoms with E-state index in [1.807, 2.05) is 6.92 Å². The number of aromatic amines is 1. The number of H-pyrrole nitrogens is 1. The number of rotatable bonds is 4. The van der Waals surface area contributed by atoms with Gasteiger partial charge < -0.3 is 10.7 Å². The molecule has 0 aliphatic heterocycles. The third-order valence-electron chi connectivity index (χ3n) is 2.98. The highest BCUT2D eigenvalue weighted by molar-refractivity contribution is 5.62. The molecule has 1 aromatic carbocycles. The fourth-order valence-electron chi connectivity index (χ4n) is 2.02. The number of nitrogens with zero attached hydrogens (tertiary/aromatic N) is 1. The zero-order valence-corrected chi connectivity index (χ0v) is 10.7. The Morgan fingerprint density at radius 3 is 2.78 bits per heavy atom. The van der Waals surface area contributed by atoms with Crippen molar-refractivity contribution in [2.45, 2.75) is 32.7 Å². The summed E-state index contributed by atoms with van der Waals surface area (Å²) in [4.78, 5) is 7.59. The van der Waals surface area contributed by atoms with Crippen molar-refractivity contribution in [1.82, 2.24) is 9.97 Å². The lowest BCUT2D eigenvalue weighted by atomic mass is 10.1. The Kier molecular flexibility index (Phi) is 3.77. The van der Waals surface area contributed by atoms with Crippen LogP contribution < -0.4 is 5.73 Å². The Bertz CT molecular complexity index is 534. The topological polar surface area (TPSA) is 54.7 Å². The zero-order chi connectivity index (χ0) is 13.1. The van der Waals surface area contributed by atoms with Crippen molar-refractivity contribution in [2.75, 3.05) is 0 Å². The lowest BCUT2D eigenvalue weighted by Crippen LogP contribution is -2.11. The van der Waals surface area contributed by atoms with E-state index in [1.54, 1.807) is 18.2 Å². The van der Waals surface area contributed by atoms with Crippen LogP contribution in [0.2, 0.25) is 0 Å². The molecule has 0 aliphatic rings. The van der Waals surface area contributed by atoms with Crippen molar-refractivity contribution in [3.63, 3.8) is 0 Å². The summed E-state index contributed by atoms with van der Waals surface area (Å²) in [7, 11) is 0. The predicted molar refractivity (Wildman–Crippen MR) is 70.6 cm³/mol. The van der Waals surface area contributed by atoms with Crippen molar-refractivity contribution >= 4 is 0 Å². The van der Waals surface area contributed by atoms with E-state index in [0.29, 0.717) is 11.3 Å². The second-order valence-corrected chi connectivity index (χ2v) is 4.47. The Morgan fingerprint density at radius 1 is 1.39 bits per heavy atom. The molecule has 0 saturated heterocycles. The molecule has 3 nitrogen and oxygen atoms in total. The molecule has 0 amide bonds. The molecule has 0 saturated carbocycles. The van der Waals surface area contributed by atoms with Gasteiger partial charge in [-0.15, -0.1) is 0 Å². The Morgan fingerprint density at radius 2 is 2.11 bits per heavy atom. The molecular formula is C14H18FN3. The highest BCUT2D eigenvalue weighted by atomic mass is 19.1. The van der Waals surface area contributed by atoms with E-state index in [9.17, 15) is 4.39 Å². The summed E-state index contributed by atoms with van der Waals surface area (Å²) in [6.07, 6.45) is 1.86. The summed E-state index contributed by atoms with van der Waals surface area (Å²) < 4.78 is 13.7. The smallest absolute Gasteiger partial charge is 0.132 e. The standard InChI is InChI=1S/C14H18FN3/c1-3-6-12(16)14-17-9(2)13(18-14)10-7-4-5-8-11(10)15/h4-5,7-8,12H,3,6,16H2,1-2H3,(H,17,18). The van der Waals surface area contributed by atoms with Gasteiger partial charge in [-0.05, 0) is 25.5 Å². The predicted octanol–water partition coefficient (Wildman–Crippen LogP) is 3.32. The number of halogens is 1. The van der Waals surface area contributed by atoms with Crippen LogP contribution in [0.5, 0.6) is 0 Å². The lowest BCUT2D eigenvalue weighted by Gasteiger charge is -2.05. The minimum atomic E-state index is -0.261. The van der Waals surface area contributed by atoms with Crippen molar-refractivity contribution in [2.24, 2.45) is 5.73 Å². The van der Waals surface area contributed by atoms with E-state index < -0.39 is 0 Å². The summed E-state index contributed by atoms with van der Waals surface area (Å²) in [6, 6.07) is 6.53. The van der Waals surface area contributed by atoms with Gasteiger partial charge in [0.25, 0.3) is 0 Å². The molecule has 2 aromatic rings. The molecule has 18 heavy (non-hydrogen) atoms. The summed E-state index contributed by atoms with van der Waals surface area (Å²) >= 11 is 0. The number of hydrogen-bond donors (Lipinski definition) is 2. The van der Waals surface area contributed by atoms with Crippen LogP contribution >= 0.6 is 0 Å². The van der Waals surface area contributed by atoms with Crippen LogP contribution in [0.1, 0.15) is 37.3 Å². The van der Waals surface area contributed by atoms with Crippen molar-refractivity contribution < 1.29 is 4.39 Å².